The van der Waals surface area contributed by atoms with Gasteiger partial charge in [0.25, 0.3) is 5.69 Å². The predicted octanol–water partition coefficient (Wildman–Crippen LogP) is 3.54. The molecule has 128 valence electrons. The van der Waals surface area contributed by atoms with Crippen LogP contribution in [0, 0.1) is 10.1 Å². The van der Waals surface area contributed by atoms with Crippen molar-refractivity contribution in [3.05, 3.63) is 64.8 Å². The number of hydrogen-bond acceptors (Lipinski definition) is 6. The minimum absolute atomic E-state index is 0.0898. The Morgan fingerprint density at radius 1 is 1.16 bits per heavy atom. The van der Waals surface area contributed by atoms with Crippen molar-refractivity contribution >= 4 is 27.3 Å². The molecule has 0 bridgehead atoms. The van der Waals surface area contributed by atoms with Crippen molar-refractivity contribution in [2.45, 2.75) is 14.9 Å². The summed E-state index contributed by atoms with van der Waals surface area (Å²) in [5, 5.41) is 11.8. The molecule has 9 heteroatoms. The molecule has 0 aliphatic carbocycles. The molecule has 1 N–H and O–H groups in total. The van der Waals surface area contributed by atoms with Gasteiger partial charge in [-0.05, 0) is 29.5 Å². The number of imidazole rings is 1. The molecule has 0 aliphatic rings. The number of sulfone groups is 1. The molecule has 0 fully saturated rings. The Bertz CT molecular complexity index is 1030. The number of nitrogens with one attached hydrogen (secondary N) is 1. The third-order valence-electron chi connectivity index (χ3n) is 3.40. The number of benzene rings is 2. The second-order valence-electron chi connectivity index (χ2n) is 5.23. The number of nitrogens with zero attached hydrogens (tertiary/aromatic N) is 2. The molecular weight excluding hydrogens is 362 g/mol. The van der Waals surface area contributed by atoms with Crippen LogP contribution >= 0.6 is 11.8 Å². The fraction of sp³-hybridized carbons (Fsp3) is 0.0625. The molecule has 0 saturated carbocycles. The summed E-state index contributed by atoms with van der Waals surface area (Å²) >= 11 is 1.07. The monoisotopic (exact) mass is 375 g/mol. The van der Waals surface area contributed by atoms with E-state index in [0.717, 1.165) is 35.3 Å². The summed E-state index contributed by atoms with van der Waals surface area (Å²) < 4.78 is 23.2. The summed E-state index contributed by atoms with van der Waals surface area (Å²) in [6, 6.07) is 13.4. The van der Waals surface area contributed by atoms with Crippen molar-refractivity contribution in [1.82, 2.24) is 9.97 Å². The van der Waals surface area contributed by atoms with Crippen LogP contribution in [-0.2, 0) is 9.84 Å². The van der Waals surface area contributed by atoms with Crippen LogP contribution in [-0.4, -0.2) is 29.6 Å². The Hall–Kier alpha value is -2.65. The van der Waals surface area contributed by atoms with Gasteiger partial charge >= 0.3 is 0 Å². The zero-order chi connectivity index (χ0) is 18.0. The SMILES string of the molecule is CS(=O)(=O)c1ccc(Sc2ncc(-c3ccccc3)[nH]2)c([N+](=O)[O-])c1. The molecule has 1 heterocycles. The Morgan fingerprint density at radius 3 is 2.52 bits per heavy atom. The predicted molar refractivity (Wildman–Crippen MR) is 94.4 cm³/mol. The van der Waals surface area contributed by atoms with Gasteiger partial charge in [0, 0.05) is 12.3 Å². The lowest BCUT2D eigenvalue weighted by atomic mass is 10.2. The third-order valence-corrected chi connectivity index (χ3v) is 5.48. The van der Waals surface area contributed by atoms with Crippen LogP contribution in [0.15, 0.2) is 69.7 Å². The quantitative estimate of drug-likeness (QED) is 0.540. The van der Waals surface area contributed by atoms with Crippen molar-refractivity contribution in [3.63, 3.8) is 0 Å². The average Bonchev–Trinajstić information content (AvgIpc) is 3.03. The average molecular weight is 375 g/mol. The van der Waals surface area contributed by atoms with Gasteiger partial charge in [-0.3, -0.25) is 10.1 Å². The van der Waals surface area contributed by atoms with Gasteiger partial charge in [0.1, 0.15) is 0 Å². The Balaban J connectivity index is 1.93. The van der Waals surface area contributed by atoms with Crippen LogP contribution in [0.5, 0.6) is 0 Å². The zero-order valence-electron chi connectivity index (χ0n) is 13.0. The minimum Gasteiger partial charge on any atom is -0.333 e. The van der Waals surface area contributed by atoms with Gasteiger partial charge in [0.15, 0.2) is 15.0 Å². The minimum atomic E-state index is -3.52. The third kappa shape index (κ3) is 3.89. The maximum atomic E-state index is 11.6. The number of aromatic nitrogens is 2. The van der Waals surface area contributed by atoms with Crippen LogP contribution in [0.4, 0.5) is 5.69 Å². The van der Waals surface area contributed by atoms with E-state index in [0.29, 0.717) is 10.1 Å². The first-order valence-electron chi connectivity index (χ1n) is 7.11. The number of aromatic amines is 1. The lowest BCUT2D eigenvalue weighted by molar-refractivity contribution is -0.388. The van der Waals surface area contributed by atoms with Crippen LogP contribution in [0.3, 0.4) is 0 Å². The van der Waals surface area contributed by atoms with Crippen LogP contribution in [0.2, 0.25) is 0 Å². The molecule has 7 nitrogen and oxygen atoms in total. The highest BCUT2D eigenvalue weighted by Crippen LogP contribution is 2.35. The lowest BCUT2D eigenvalue weighted by Crippen LogP contribution is -1.99. The van der Waals surface area contributed by atoms with Gasteiger partial charge in [-0.1, -0.05) is 30.3 Å². The fourth-order valence-corrected chi connectivity index (χ4v) is 3.67. The second kappa shape index (κ2) is 6.69. The van der Waals surface area contributed by atoms with E-state index < -0.39 is 14.8 Å². The molecular formula is C16H13N3O4S2. The summed E-state index contributed by atoms with van der Waals surface area (Å²) in [6.45, 7) is 0. The molecule has 0 aliphatic heterocycles. The highest BCUT2D eigenvalue weighted by molar-refractivity contribution is 7.99. The van der Waals surface area contributed by atoms with Crippen molar-refractivity contribution in [2.24, 2.45) is 0 Å². The molecule has 0 radical (unpaired) electrons. The van der Waals surface area contributed by atoms with Gasteiger partial charge in [-0.2, -0.15) is 0 Å². The van der Waals surface area contributed by atoms with E-state index in [1.54, 1.807) is 6.20 Å². The highest BCUT2D eigenvalue weighted by Gasteiger charge is 2.20. The smallest absolute Gasteiger partial charge is 0.284 e. The number of H-pyrrole nitrogens is 1. The van der Waals surface area contributed by atoms with Gasteiger partial charge < -0.3 is 4.98 Å². The van der Waals surface area contributed by atoms with Crippen molar-refractivity contribution < 1.29 is 13.3 Å². The van der Waals surface area contributed by atoms with E-state index in [-0.39, 0.29) is 10.6 Å². The number of rotatable bonds is 5. The van der Waals surface area contributed by atoms with Crippen LogP contribution in [0.1, 0.15) is 0 Å². The molecule has 0 atom stereocenters. The standard InChI is InChI=1S/C16H13N3O4S2/c1-25(22,23)12-7-8-15(14(9-12)19(20)21)24-16-17-10-13(18-16)11-5-3-2-4-6-11/h2-10H,1H3,(H,17,18). The van der Waals surface area contributed by atoms with Crippen molar-refractivity contribution in [1.29, 1.82) is 0 Å². The molecule has 0 unspecified atom stereocenters. The molecule has 0 spiro atoms. The summed E-state index contributed by atoms with van der Waals surface area (Å²) in [4.78, 5) is 18.2. The largest absolute Gasteiger partial charge is 0.333 e. The van der Waals surface area contributed by atoms with E-state index in [4.69, 9.17) is 0 Å². The van der Waals surface area contributed by atoms with Crippen molar-refractivity contribution in [3.8, 4) is 11.3 Å². The summed E-state index contributed by atoms with van der Waals surface area (Å²) in [6.07, 6.45) is 2.66. The number of nitro groups is 1. The molecule has 2 aromatic carbocycles. The molecule has 3 aromatic rings. The maximum Gasteiger partial charge on any atom is 0.284 e. The van der Waals surface area contributed by atoms with Crippen LogP contribution < -0.4 is 0 Å². The van der Waals surface area contributed by atoms with Crippen molar-refractivity contribution in [2.75, 3.05) is 6.26 Å². The fourth-order valence-electron chi connectivity index (χ4n) is 2.18. The van der Waals surface area contributed by atoms with Gasteiger partial charge in [0.2, 0.25) is 0 Å². The molecule has 3 rings (SSSR count). The second-order valence-corrected chi connectivity index (χ2v) is 8.28. The van der Waals surface area contributed by atoms with E-state index in [1.807, 2.05) is 30.3 Å². The first kappa shape index (κ1) is 17.2. The highest BCUT2D eigenvalue weighted by atomic mass is 32.2. The Labute approximate surface area is 148 Å². The number of hydrogen-bond donors (Lipinski definition) is 1. The summed E-state index contributed by atoms with van der Waals surface area (Å²) in [5.74, 6) is 0. The van der Waals surface area contributed by atoms with Gasteiger partial charge in [-0.15, -0.1) is 0 Å². The van der Waals surface area contributed by atoms with Gasteiger partial charge in [0.05, 0.1) is 26.6 Å². The molecule has 25 heavy (non-hydrogen) atoms. The normalized spacial score (nSPS) is 11.4. The first-order valence-corrected chi connectivity index (χ1v) is 9.82. The van der Waals surface area contributed by atoms with Gasteiger partial charge in [-0.25, -0.2) is 13.4 Å². The topological polar surface area (TPSA) is 106 Å². The van der Waals surface area contributed by atoms with Crippen LogP contribution in [0.25, 0.3) is 11.3 Å². The lowest BCUT2D eigenvalue weighted by Gasteiger charge is -2.03. The Morgan fingerprint density at radius 2 is 1.88 bits per heavy atom. The first-order chi connectivity index (χ1) is 11.8. The van der Waals surface area contributed by atoms with E-state index in [9.17, 15) is 18.5 Å². The number of nitro benzene ring substituents is 1. The van der Waals surface area contributed by atoms with E-state index in [1.165, 1.54) is 12.1 Å². The van der Waals surface area contributed by atoms with E-state index in [2.05, 4.69) is 9.97 Å². The molecule has 0 saturated heterocycles. The zero-order valence-corrected chi connectivity index (χ0v) is 14.7. The summed E-state index contributed by atoms with van der Waals surface area (Å²) in [5.41, 5.74) is 1.47. The van der Waals surface area contributed by atoms with E-state index >= 15 is 0 Å². The maximum absolute atomic E-state index is 11.6. The Kier molecular flexibility index (Phi) is 4.60. The summed E-state index contributed by atoms with van der Waals surface area (Å²) in [7, 11) is -3.52. The molecule has 1 aromatic heterocycles. The molecule has 0 amide bonds.